The van der Waals surface area contributed by atoms with Crippen LogP contribution in [0.4, 0.5) is 10.6 Å². The Morgan fingerprint density at radius 2 is 1.93 bits per heavy atom. The summed E-state index contributed by atoms with van der Waals surface area (Å²) in [5.41, 5.74) is -0.894. The van der Waals surface area contributed by atoms with Gasteiger partial charge in [0.25, 0.3) is 0 Å². The second-order valence-electron chi connectivity index (χ2n) is 8.03. The predicted octanol–water partition coefficient (Wildman–Crippen LogP) is 2.58. The minimum Gasteiger partial charge on any atom is -0.465 e. The molecule has 0 aromatic carbocycles. The topological polar surface area (TPSA) is 95.8 Å². The summed E-state index contributed by atoms with van der Waals surface area (Å²) in [4.78, 5) is 32.2. The van der Waals surface area contributed by atoms with Crippen molar-refractivity contribution in [3.8, 4) is 6.07 Å². The van der Waals surface area contributed by atoms with E-state index in [-0.39, 0.29) is 17.4 Å². The Morgan fingerprint density at radius 1 is 1.26 bits per heavy atom. The number of nitriles is 1. The van der Waals surface area contributed by atoms with Gasteiger partial charge in [-0.25, -0.2) is 14.6 Å². The van der Waals surface area contributed by atoms with Gasteiger partial charge >= 0.3 is 12.1 Å². The molecule has 8 nitrogen and oxygen atoms in total. The zero-order valence-corrected chi connectivity index (χ0v) is 16.7. The van der Waals surface area contributed by atoms with Crippen LogP contribution in [0.15, 0.2) is 12.1 Å². The van der Waals surface area contributed by atoms with Gasteiger partial charge in [0.2, 0.25) is 0 Å². The van der Waals surface area contributed by atoms with Gasteiger partial charge in [0.15, 0.2) is 5.69 Å². The third kappa shape index (κ3) is 4.67. The van der Waals surface area contributed by atoms with Crippen LogP contribution in [-0.4, -0.2) is 59.8 Å². The molecule has 1 aromatic rings. The fourth-order valence-electron chi connectivity index (χ4n) is 2.99. The number of anilines is 1. The molecular formula is C19H26N4O4. The number of aromatic nitrogens is 1. The molecule has 1 fully saturated rings. The lowest BCUT2D eigenvalue weighted by molar-refractivity contribution is 0.000286. The quantitative estimate of drug-likeness (QED) is 0.734. The molecule has 1 aliphatic rings. The van der Waals surface area contributed by atoms with E-state index in [1.165, 1.54) is 7.11 Å². The number of hydrogen-bond acceptors (Lipinski definition) is 7. The number of methoxy groups -OCH3 is 1. The van der Waals surface area contributed by atoms with Crippen molar-refractivity contribution in [2.45, 2.75) is 45.8 Å². The molecule has 0 aliphatic carbocycles. The van der Waals surface area contributed by atoms with Gasteiger partial charge in [-0.1, -0.05) is 0 Å². The van der Waals surface area contributed by atoms with E-state index >= 15 is 0 Å². The van der Waals surface area contributed by atoms with Crippen LogP contribution >= 0.6 is 0 Å². The maximum atomic E-state index is 12.5. The van der Waals surface area contributed by atoms with Crippen LogP contribution in [-0.2, 0) is 9.47 Å². The normalized spacial score (nSPS) is 16.5. The Hall–Kier alpha value is -2.82. The molecule has 27 heavy (non-hydrogen) atoms. The van der Waals surface area contributed by atoms with Gasteiger partial charge in [0.1, 0.15) is 17.5 Å². The van der Waals surface area contributed by atoms with Crippen LogP contribution in [0.1, 0.15) is 50.7 Å². The van der Waals surface area contributed by atoms with Crippen LogP contribution < -0.4 is 4.90 Å². The van der Waals surface area contributed by atoms with Crippen LogP contribution in [0.3, 0.4) is 0 Å². The Kier molecular flexibility index (Phi) is 5.64. The standard InChI is InChI=1S/C19H26N4O4/c1-18(2,3)27-17(25)23-10-9-22(12-19(23,4)5)15-8-7-13(16(24)26-6)14(11-20)21-15/h7-8H,9-10,12H2,1-6H3. The first-order valence-electron chi connectivity index (χ1n) is 8.73. The SMILES string of the molecule is COC(=O)c1ccc(N2CCN(C(=O)OC(C)(C)C)C(C)(C)C2)nc1C#N. The Balaban J connectivity index is 2.21. The lowest BCUT2D eigenvalue weighted by atomic mass is 9.99. The van der Waals surface area contributed by atoms with Crippen molar-refractivity contribution in [3.05, 3.63) is 23.4 Å². The highest BCUT2D eigenvalue weighted by Crippen LogP contribution is 2.27. The fourth-order valence-corrected chi connectivity index (χ4v) is 2.99. The number of pyridine rings is 1. The number of hydrogen-bond donors (Lipinski definition) is 0. The lowest BCUT2D eigenvalue weighted by Crippen LogP contribution is -2.62. The summed E-state index contributed by atoms with van der Waals surface area (Å²) >= 11 is 0. The Bertz CT molecular complexity index is 777. The van der Waals surface area contributed by atoms with Crippen molar-refractivity contribution in [1.29, 1.82) is 5.26 Å². The molecule has 0 saturated carbocycles. The van der Waals surface area contributed by atoms with Crippen LogP contribution in [0.25, 0.3) is 0 Å². The molecule has 1 aromatic heterocycles. The van der Waals surface area contributed by atoms with Crippen molar-refractivity contribution in [2.75, 3.05) is 31.6 Å². The molecule has 0 N–H and O–H groups in total. The largest absolute Gasteiger partial charge is 0.465 e. The number of rotatable bonds is 2. The molecule has 1 aliphatic heterocycles. The maximum absolute atomic E-state index is 12.5. The van der Waals surface area contributed by atoms with Gasteiger partial charge in [0.05, 0.1) is 18.2 Å². The molecule has 2 rings (SSSR count). The monoisotopic (exact) mass is 374 g/mol. The molecule has 1 amide bonds. The van der Waals surface area contributed by atoms with E-state index in [4.69, 9.17) is 4.74 Å². The van der Waals surface area contributed by atoms with Gasteiger partial charge < -0.3 is 14.4 Å². The molecule has 8 heteroatoms. The molecule has 1 saturated heterocycles. The highest BCUT2D eigenvalue weighted by Gasteiger charge is 2.39. The maximum Gasteiger partial charge on any atom is 0.410 e. The summed E-state index contributed by atoms with van der Waals surface area (Å²) in [6.07, 6.45) is -0.348. The first-order valence-corrected chi connectivity index (χ1v) is 8.73. The molecular weight excluding hydrogens is 348 g/mol. The van der Waals surface area contributed by atoms with Gasteiger partial charge in [-0.3, -0.25) is 4.90 Å². The number of carbonyl (C=O) groups is 2. The molecule has 0 atom stereocenters. The van der Waals surface area contributed by atoms with Gasteiger partial charge in [-0.15, -0.1) is 0 Å². The van der Waals surface area contributed by atoms with Gasteiger partial charge in [-0.2, -0.15) is 5.26 Å². The molecule has 0 spiro atoms. The van der Waals surface area contributed by atoms with E-state index in [1.807, 2.05) is 45.6 Å². The summed E-state index contributed by atoms with van der Waals surface area (Å²) in [5.74, 6) is -0.0169. The summed E-state index contributed by atoms with van der Waals surface area (Å²) in [6, 6.07) is 5.17. The minimum absolute atomic E-state index is 0.0201. The first-order chi connectivity index (χ1) is 12.5. The zero-order chi connectivity index (χ0) is 20.4. The second kappa shape index (κ2) is 7.43. The van der Waals surface area contributed by atoms with Gasteiger partial charge in [-0.05, 0) is 46.8 Å². The number of ether oxygens (including phenoxy) is 2. The molecule has 0 bridgehead atoms. The van der Waals surface area contributed by atoms with Crippen LogP contribution in [0, 0.1) is 11.3 Å². The third-order valence-corrected chi connectivity index (χ3v) is 4.23. The summed E-state index contributed by atoms with van der Waals surface area (Å²) in [7, 11) is 1.26. The Morgan fingerprint density at radius 3 is 2.44 bits per heavy atom. The van der Waals surface area contributed by atoms with E-state index in [2.05, 4.69) is 9.72 Å². The van der Waals surface area contributed by atoms with E-state index in [9.17, 15) is 14.9 Å². The first kappa shape index (κ1) is 20.5. The summed E-state index contributed by atoms with van der Waals surface area (Å²) < 4.78 is 10.2. The number of nitrogens with zero attached hydrogens (tertiary/aromatic N) is 4. The minimum atomic E-state index is -0.597. The molecule has 2 heterocycles. The molecule has 0 unspecified atom stereocenters. The van der Waals surface area contributed by atoms with E-state index in [0.29, 0.717) is 25.5 Å². The smallest absolute Gasteiger partial charge is 0.410 e. The fraction of sp³-hybridized carbons (Fsp3) is 0.579. The van der Waals surface area contributed by atoms with Crippen molar-refractivity contribution < 1.29 is 19.1 Å². The van der Waals surface area contributed by atoms with E-state index in [0.717, 1.165) is 0 Å². The van der Waals surface area contributed by atoms with Crippen molar-refractivity contribution >= 4 is 17.9 Å². The molecule has 146 valence electrons. The zero-order valence-electron chi connectivity index (χ0n) is 16.7. The van der Waals surface area contributed by atoms with Crippen molar-refractivity contribution in [1.82, 2.24) is 9.88 Å². The van der Waals surface area contributed by atoms with Crippen molar-refractivity contribution in [3.63, 3.8) is 0 Å². The van der Waals surface area contributed by atoms with E-state index in [1.54, 1.807) is 17.0 Å². The highest BCUT2D eigenvalue weighted by molar-refractivity contribution is 5.91. The number of amides is 1. The number of esters is 1. The highest BCUT2D eigenvalue weighted by atomic mass is 16.6. The summed E-state index contributed by atoms with van der Waals surface area (Å²) in [6.45, 7) is 10.9. The van der Waals surface area contributed by atoms with Crippen LogP contribution in [0.5, 0.6) is 0 Å². The number of piperazine rings is 1. The average Bonchev–Trinajstić information content (AvgIpc) is 2.57. The second-order valence-corrected chi connectivity index (χ2v) is 8.03. The Labute approximate surface area is 159 Å². The van der Waals surface area contributed by atoms with Gasteiger partial charge in [0, 0.05) is 19.6 Å². The van der Waals surface area contributed by atoms with Crippen LogP contribution in [0.2, 0.25) is 0 Å². The lowest BCUT2D eigenvalue weighted by Gasteiger charge is -2.47. The number of carbonyl (C=O) groups excluding carboxylic acids is 2. The van der Waals surface area contributed by atoms with Crippen molar-refractivity contribution in [2.24, 2.45) is 0 Å². The molecule has 0 radical (unpaired) electrons. The predicted molar refractivity (Wildman–Crippen MR) is 99.5 cm³/mol. The summed E-state index contributed by atoms with van der Waals surface area (Å²) in [5, 5.41) is 9.30. The van der Waals surface area contributed by atoms with E-state index < -0.39 is 17.1 Å². The average molecular weight is 374 g/mol. The third-order valence-electron chi connectivity index (χ3n) is 4.23.